The van der Waals surface area contributed by atoms with Gasteiger partial charge in [0.15, 0.2) is 0 Å². The molecule has 3 unspecified atom stereocenters. The predicted molar refractivity (Wildman–Crippen MR) is 83.0 cm³/mol. The highest BCUT2D eigenvalue weighted by Crippen LogP contribution is 2.34. The maximum absolute atomic E-state index is 12.8. The lowest BCUT2D eigenvalue weighted by Gasteiger charge is -2.46. The van der Waals surface area contributed by atoms with Gasteiger partial charge in [0.2, 0.25) is 5.91 Å². The average Bonchev–Trinajstić information content (AvgIpc) is 2.24. The van der Waals surface area contributed by atoms with Gasteiger partial charge >= 0.3 is 0 Å². The van der Waals surface area contributed by atoms with Gasteiger partial charge in [-0.2, -0.15) is 0 Å². The molecule has 0 spiro atoms. The topological polar surface area (TPSA) is 55.6 Å². The van der Waals surface area contributed by atoms with Crippen molar-refractivity contribution >= 4 is 18.3 Å². The Balaban J connectivity index is 0.00000200. The molecule has 0 radical (unpaired) electrons. The van der Waals surface area contributed by atoms with Crippen molar-refractivity contribution in [3.05, 3.63) is 0 Å². The minimum Gasteiger partial charge on any atom is -0.369 e. The maximum atomic E-state index is 12.8. The number of nitrogens with zero attached hydrogens (tertiary/aromatic N) is 1. The number of amides is 1. The van der Waals surface area contributed by atoms with E-state index in [1.165, 1.54) is 0 Å². The Morgan fingerprint density at radius 3 is 2.50 bits per heavy atom. The highest BCUT2D eigenvalue weighted by atomic mass is 35.5. The molecule has 1 aliphatic heterocycles. The summed E-state index contributed by atoms with van der Waals surface area (Å²) in [5.41, 5.74) is 5.75. The zero-order valence-electron chi connectivity index (χ0n) is 13.1. The molecule has 0 bridgehead atoms. The van der Waals surface area contributed by atoms with E-state index < -0.39 is 0 Å². The van der Waals surface area contributed by atoms with E-state index in [1.54, 1.807) is 0 Å². The number of carbonyl (C=O) groups is 1. The molecule has 20 heavy (non-hydrogen) atoms. The summed E-state index contributed by atoms with van der Waals surface area (Å²) in [5, 5.41) is 0. The fourth-order valence-electron chi connectivity index (χ4n) is 3.61. The van der Waals surface area contributed by atoms with Crippen molar-refractivity contribution in [3.63, 3.8) is 0 Å². The minimum absolute atomic E-state index is 0. The summed E-state index contributed by atoms with van der Waals surface area (Å²) in [4.78, 5) is 14.8. The van der Waals surface area contributed by atoms with Crippen LogP contribution in [0.25, 0.3) is 0 Å². The second-order valence-corrected chi connectivity index (χ2v) is 7.21. The van der Waals surface area contributed by atoms with E-state index >= 15 is 0 Å². The molecule has 2 N–H and O–H groups in total. The van der Waals surface area contributed by atoms with E-state index in [0.29, 0.717) is 13.1 Å². The molecule has 1 aliphatic carbocycles. The quantitative estimate of drug-likeness (QED) is 0.809. The van der Waals surface area contributed by atoms with Gasteiger partial charge in [0.1, 0.15) is 0 Å². The first-order valence-corrected chi connectivity index (χ1v) is 7.47. The average molecular weight is 305 g/mol. The Bertz CT molecular complexity index is 358. The normalized spacial score (nSPS) is 37.1. The largest absolute Gasteiger partial charge is 0.369 e. The van der Waals surface area contributed by atoms with Gasteiger partial charge in [0.25, 0.3) is 0 Å². The molecule has 118 valence electrons. The van der Waals surface area contributed by atoms with Gasteiger partial charge < -0.3 is 15.4 Å². The summed E-state index contributed by atoms with van der Waals surface area (Å²) in [5.74, 6) is 0.204. The zero-order valence-corrected chi connectivity index (χ0v) is 14.0. The molecule has 2 rings (SSSR count). The van der Waals surface area contributed by atoms with E-state index in [4.69, 9.17) is 10.5 Å². The number of nitrogens with two attached hydrogens (primary N) is 1. The lowest BCUT2D eigenvalue weighted by atomic mass is 9.74. The van der Waals surface area contributed by atoms with Gasteiger partial charge in [-0.05, 0) is 40.5 Å². The summed E-state index contributed by atoms with van der Waals surface area (Å²) >= 11 is 0. The molecule has 3 atom stereocenters. The first kappa shape index (κ1) is 17.7. The first-order valence-electron chi connectivity index (χ1n) is 7.47. The maximum Gasteiger partial charge on any atom is 0.227 e. The molecular weight excluding hydrogens is 276 g/mol. The van der Waals surface area contributed by atoms with Crippen LogP contribution in [-0.4, -0.2) is 41.1 Å². The summed E-state index contributed by atoms with van der Waals surface area (Å²) in [6, 6.07) is 0. The SMILES string of the molecule is CC1CN(C(=O)C2CCCCC2(C)N)CC(C)(C)O1.Cl. The highest BCUT2D eigenvalue weighted by molar-refractivity contribution is 5.85. The van der Waals surface area contributed by atoms with Gasteiger partial charge in [-0.15, -0.1) is 12.4 Å². The van der Waals surface area contributed by atoms with Crippen molar-refractivity contribution in [2.24, 2.45) is 11.7 Å². The van der Waals surface area contributed by atoms with Crippen LogP contribution in [0.15, 0.2) is 0 Å². The van der Waals surface area contributed by atoms with Crippen LogP contribution in [-0.2, 0) is 9.53 Å². The van der Waals surface area contributed by atoms with E-state index in [2.05, 4.69) is 0 Å². The molecule has 0 aromatic heterocycles. The number of hydrogen-bond donors (Lipinski definition) is 1. The third kappa shape index (κ3) is 3.86. The standard InChI is InChI=1S/C15H28N2O2.ClH/c1-11-9-17(10-14(2,3)19-11)13(18)12-7-5-6-8-15(12,4)16;/h11-12H,5-10,16H2,1-4H3;1H. The monoisotopic (exact) mass is 304 g/mol. The van der Waals surface area contributed by atoms with Crippen LogP contribution in [0.2, 0.25) is 0 Å². The number of morpholine rings is 1. The number of hydrogen-bond acceptors (Lipinski definition) is 3. The van der Waals surface area contributed by atoms with Crippen molar-refractivity contribution in [1.82, 2.24) is 4.90 Å². The Labute approximate surface area is 128 Å². The van der Waals surface area contributed by atoms with Crippen molar-refractivity contribution < 1.29 is 9.53 Å². The van der Waals surface area contributed by atoms with Gasteiger partial charge in [-0.25, -0.2) is 0 Å². The Hall–Kier alpha value is -0.320. The number of carbonyl (C=O) groups excluding carboxylic acids is 1. The Morgan fingerprint density at radius 2 is 1.95 bits per heavy atom. The molecule has 1 amide bonds. The fourth-order valence-corrected chi connectivity index (χ4v) is 3.61. The van der Waals surface area contributed by atoms with E-state index in [1.807, 2.05) is 32.6 Å². The molecule has 1 saturated carbocycles. The second-order valence-electron chi connectivity index (χ2n) is 7.21. The van der Waals surface area contributed by atoms with Crippen LogP contribution < -0.4 is 5.73 Å². The van der Waals surface area contributed by atoms with Gasteiger partial charge in [-0.1, -0.05) is 12.8 Å². The van der Waals surface area contributed by atoms with Crippen LogP contribution in [0, 0.1) is 5.92 Å². The van der Waals surface area contributed by atoms with Crippen LogP contribution in [0.1, 0.15) is 53.4 Å². The van der Waals surface area contributed by atoms with Crippen LogP contribution in [0.5, 0.6) is 0 Å². The van der Waals surface area contributed by atoms with Crippen LogP contribution >= 0.6 is 12.4 Å². The third-order valence-corrected chi connectivity index (χ3v) is 4.43. The van der Waals surface area contributed by atoms with Crippen molar-refractivity contribution in [3.8, 4) is 0 Å². The summed E-state index contributed by atoms with van der Waals surface area (Å²) in [6.45, 7) is 9.52. The molecule has 5 heteroatoms. The van der Waals surface area contributed by atoms with Gasteiger partial charge in [0, 0.05) is 18.6 Å². The van der Waals surface area contributed by atoms with Gasteiger partial charge in [0.05, 0.1) is 17.6 Å². The molecular formula is C15H29ClN2O2. The lowest BCUT2D eigenvalue weighted by molar-refractivity contribution is -0.164. The predicted octanol–water partition coefficient (Wildman–Crippen LogP) is 2.34. The number of rotatable bonds is 1. The molecule has 0 aromatic carbocycles. The molecule has 1 saturated heterocycles. The molecule has 4 nitrogen and oxygen atoms in total. The molecule has 2 fully saturated rings. The summed E-state index contributed by atoms with van der Waals surface area (Å²) in [6.07, 6.45) is 4.24. The van der Waals surface area contributed by atoms with Crippen LogP contribution in [0.4, 0.5) is 0 Å². The summed E-state index contributed by atoms with van der Waals surface area (Å²) in [7, 11) is 0. The van der Waals surface area contributed by atoms with E-state index in [0.717, 1.165) is 25.7 Å². The molecule has 0 aromatic rings. The van der Waals surface area contributed by atoms with Crippen molar-refractivity contribution in [1.29, 1.82) is 0 Å². The smallest absolute Gasteiger partial charge is 0.227 e. The van der Waals surface area contributed by atoms with Crippen molar-refractivity contribution in [2.75, 3.05) is 13.1 Å². The third-order valence-electron chi connectivity index (χ3n) is 4.43. The summed E-state index contributed by atoms with van der Waals surface area (Å²) < 4.78 is 5.87. The molecule has 1 heterocycles. The lowest BCUT2D eigenvalue weighted by Crippen LogP contribution is -2.59. The fraction of sp³-hybridized carbons (Fsp3) is 0.933. The van der Waals surface area contributed by atoms with Crippen molar-refractivity contribution in [2.45, 2.75) is 70.6 Å². The molecule has 2 aliphatic rings. The minimum atomic E-state index is -0.346. The second kappa shape index (κ2) is 6.20. The highest BCUT2D eigenvalue weighted by Gasteiger charge is 2.42. The Kier molecular flexibility index (Phi) is 5.50. The van der Waals surface area contributed by atoms with E-state index in [-0.39, 0.29) is 41.5 Å². The van der Waals surface area contributed by atoms with Gasteiger partial charge in [-0.3, -0.25) is 4.79 Å². The first-order chi connectivity index (χ1) is 8.71. The number of ether oxygens (including phenoxy) is 1. The number of halogens is 1. The van der Waals surface area contributed by atoms with E-state index in [9.17, 15) is 4.79 Å². The van der Waals surface area contributed by atoms with Crippen LogP contribution in [0.3, 0.4) is 0 Å². The Morgan fingerprint density at radius 1 is 1.30 bits per heavy atom. The zero-order chi connectivity index (χ0) is 14.3.